The van der Waals surface area contributed by atoms with Crippen LogP contribution in [-0.2, 0) is 6.54 Å². The highest BCUT2D eigenvalue weighted by Crippen LogP contribution is 2.29. The number of nitrogens with zero attached hydrogens (tertiary/aromatic N) is 5. The summed E-state index contributed by atoms with van der Waals surface area (Å²) in [6.07, 6.45) is 0. The average Bonchev–Trinajstić information content (AvgIpc) is 3.14. The number of aryl methyl sites for hydroxylation is 1. The Morgan fingerprint density at radius 2 is 1.95 bits per heavy atom. The van der Waals surface area contributed by atoms with Crippen LogP contribution in [0.25, 0.3) is 10.2 Å². The van der Waals surface area contributed by atoms with Gasteiger partial charge in [-0.3, -0.25) is 4.90 Å². The number of piperazine rings is 1. The van der Waals surface area contributed by atoms with E-state index in [0.29, 0.717) is 5.89 Å². The fourth-order valence-electron chi connectivity index (χ4n) is 2.70. The van der Waals surface area contributed by atoms with Gasteiger partial charge < -0.3 is 9.42 Å². The molecule has 7 heteroatoms. The highest BCUT2D eigenvalue weighted by molar-refractivity contribution is 7.22. The summed E-state index contributed by atoms with van der Waals surface area (Å²) in [5.74, 6) is 1.40. The second-order valence-electron chi connectivity index (χ2n) is 5.46. The van der Waals surface area contributed by atoms with Gasteiger partial charge in [0.25, 0.3) is 0 Å². The lowest BCUT2D eigenvalue weighted by molar-refractivity contribution is 0.240. The number of fused-ring (bicyclic) bond motifs is 1. The molecule has 3 heterocycles. The van der Waals surface area contributed by atoms with Crippen molar-refractivity contribution in [3.63, 3.8) is 0 Å². The second kappa shape index (κ2) is 5.66. The van der Waals surface area contributed by atoms with Crippen LogP contribution in [0.2, 0.25) is 0 Å². The van der Waals surface area contributed by atoms with Crippen molar-refractivity contribution in [2.75, 3.05) is 31.1 Å². The van der Waals surface area contributed by atoms with Gasteiger partial charge in [0.05, 0.1) is 16.8 Å². The van der Waals surface area contributed by atoms with Crippen molar-refractivity contribution < 1.29 is 4.52 Å². The van der Waals surface area contributed by atoms with E-state index in [-0.39, 0.29) is 0 Å². The van der Waals surface area contributed by atoms with E-state index in [1.807, 2.05) is 13.0 Å². The van der Waals surface area contributed by atoms with E-state index in [1.54, 1.807) is 11.3 Å². The third-order valence-corrected chi connectivity index (χ3v) is 4.96. The van der Waals surface area contributed by atoms with Gasteiger partial charge in [-0.15, -0.1) is 0 Å². The highest BCUT2D eigenvalue weighted by Gasteiger charge is 2.21. The molecule has 114 valence electrons. The lowest BCUT2D eigenvalue weighted by Crippen LogP contribution is -2.46. The van der Waals surface area contributed by atoms with Crippen LogP contribution in [-0.4, -0.2) is 46.2 Å². The molecule has 0 aliphatic carbocycles. The van der Waals surface area contributed by atoms with Gasteiger partial charge in [-0.1, -0.05) is 28.6 Å². The number of aromatic nitrogens is 3. The second-order valence-corrected chi connectivity index (χ2v) is 6.47. The van der Waals surface area contributed by atoms with Gasteiger partial charge in [0, 0.05) is 33.1 Å². The van der Waals surface area contributed by atoms with Gasteiger partial charge in [0.2, 0.25) is 5.89 Å². The molecule has 1 saturated heterocycles. The molecule has 0 spiro atoms. The van der Waals surface area contributed by atoms with E-state index in [9.17, 15) is 0 Å². The summed E-state index contributed by atoms with van der Waals surface area (Å²) in [4.78, 5) is 13.7. The van der Waals surface area contributed by atoms with Crippen LogP contribution in [0, 0.1) is 6.92 Å². The topological polar surface area (TPSA) is 58.3 Å². The summed E-state index contributed by atoms with van der Waals surface area (Å²) in [6, 6.07) is 8.31. The average molecular weight is 315 g/mol. The third kappa shape index (κ3) is 2.69. The van der Waals surface area contributed by atoms with Crippen molar-refractivity contribution in [3.8, 4) is 0 Å². The van der Waals surface area contributed by atoms with Crippen LogP contribution in [0.1, 0.15) is 11.7 Å². The molecule has 1 aliphatic rings. The van der Waals surface area contributed by atoms with E-state index in [0.717, 1.165) is 49.2 Å². The van der Waals surface area contributed by atoms with Gasteiger partial charge in [0.15, 0.2) is 11.0 Å². The summed E-state index contributed by atoms with van der Waals surface area (Å²) in [7, 11) is 0. The summed E-state index contributed by atoms with van der Waals surface area (Å²) in [6.45, 7) is 6.52. The number of rotatable bonds is 3. The van der Waals surface area contributed by atoms with Crippen molar-refractivity contribution in [1.29, 1.82) is 0 Å². The summed E-state index contributed by atoms with van der Waals surface area (Å²) in [5, 5.41) is 5.09. The molecule has 4 rings (SSSR count). The third-order valence-electron chi connectivity index (χ3n) is 3.86. The van der Waals surface area contributed by atoms with E-state index in [2.05, 4.69) is 38.1 Å². The molecule has 1 fully saturated rings. The molecular formula is C15H17N5OS. The fraction of sp³-hybridized carbons (Fsp3) is 0.400. The molecule has 0 unspecified atom stereocenters. The van der Waals surface area contributed by atoms with Crippen LogP contribution in [0.3, 0.4) is 0 Å². The smallest absolute Gasteiger partial charge is 0.223 e. The van der Waals surface area contributed by atoms with Gasteiger partial charge in [-0.2, -0.15) is 4.98 Å². The molecule has 0 atom stereocenters. The molecule has 22 heavy (non-hydrogen) atoms. The predicted molar refractivity (Wildman–Crippen MR) is 86.1 cm³/mol. The Morgan fingerprint density at radius 3 is 2.68 bits per heavy atom. The van der Waals surface area contributed by atoms with Crippen molar-refractivity contribution in [1.82, 2.24) is 20.0 Å². The molecule has 1 aromatic carbocycles. The first-order valence-electron chi connectivity index (χ1n) is 7.40. The molecule has 3 aromatic rings. The molecular weight excluding hydrogens is 298 g/mol. The van der Waals surface area contributed by atoms with E-state index >= 15 is 0 Å². The molecule has 0 radical (unpaired) electrons. The molecule has 2 aromatic heterocycles. The van der Waals surface area contributed by atoms with Crippen molar-refractivity contribution in [3.05, 3.63) is 36.0 Å². The molecule has 0 N–H and O–H groups in total. The number of hydrogen-bond acceptors (Lipinski definition) is 7. The van der Waals surface area contributed by atoms with Crippen LogP contribution in [0.5, 0.6) is 0 Å². The Hall–Kier alpha value is -1.99. The zero-order chi connectivity index (χ0) is 14.9. The van der Waals surface area contributed by atoms with Crippen LogP contribution in [0.4, 0.5) is 5.13 Å². The van der Waals surface area contributed by atoms with Gasteiger partial charge >= 0.3 is 0 Å². The number of hydrogen-bond donors (Lipinski definition) is 0. The van der Waals surface area contributed by atoms with Gasteiger partial charge in [-0.25, -0.2) is 4.98 Å². The number of thiazole rings is 1. The largest absolute Gasteiger partial charge is 0.345 e. The van der Waals surface area contributed by atoms with E-state index in [4.69, 9.17) is 9.51 Å². The number of para-hydroxylation sites is 1. The first kappa shape index (κ1) is 13.7. The Morgan fingerprint density at radius 1 is 1.14 bits per heavy atom. The number of benzene rings is 1. The van der Waals surface area contributed by atoms with Gasteiger partial charge in [-0.05, 0) is 12.1 Å². The lowest BCUT2D eigenvalue weighted by atomic mass is 10.3. The van der Waals surface area contributed by atoms with Crippen LogP contribution in [0.15, 0.2) is 28.8 Å². The molecule has 1 aliphatic heterocycles. The molecule has 0 saturated carbocycles. The number of anilines is 1. The summed E-state index contributed by atoms with van der Waals surface area (Å²) >= 11 is 1.77. The van der Waals surface area contributed by atoms with E-state index < -0.39 is 0 Å². The van der Waals surface area contributed by atoms with Crippen LogP contribution >= 0.6 is 11.3 Å². The minimum atomic E-state index is 0.628. The zero-order valence-corrected chi connectivity index (χ0v) is 13.2. The van der Waals surface area contributed by atoms with E-state index in [1.165, 1.54) is 4.70 Å². The zero-order valence-electron chi connectivity index (χ0n) is 12.4. The maximum absolute atomic E-state index is 5.02. The Bertz CT molecular complexity index is 742. The maximum atomic E-state index is 5.02. The minimum Gasteiger partial charge on any atom is -0.345 e. The summed E-state index contributed by atoms with van der Waals surface area (Å²) < 4.78 is 6.28. The van der Waals surface area contributed by atoms with Crippen molar-refractivity contribution >= 4 is 26.7 Å². The van der Waals surface area contributed by atoms with Crippen LogP contribution < -0.4 is 4.90 Å². The summed E-state index contributed by atoms with van der Waals surface area (Å²) in [5.41, 5.74) is 1.09. The first-order valence-corrected chi connectivity index (χ1v) is 8.22. The first-order chi connectivity index (χ1) is 10.8. The fourth-order valence-corrected chi connectivity index (χ4v) is 3.72. The molecule has 6 nitrogen and oxygen atoms in total. The maximum Gasteiger partial charge on any atom is 0.223 e. The predicted octanol–water partition coefficient (Wildman–Crippen LogP) is 2.31. The highest BCUT2D eigenvalue weighted by atomic mass is 32.1. The Labute approximate surface area is 132 Å². The SMILES string of the molecule is Cc1nc(CN2CCN(c3nc4ccccc4s3)CC2)no1. The molecule has 0 bridgehead atoms. The van der Waals surface area contributed by atoms with Crippen molar-refractivity contribution in [2.24, 2.45) is 0 Å². The van der Waals surface area contributed by atoms with Gasteiger partial charge in [0.1, 0.15) is 0 Å². The minimum absolute atomic E-state index is 0.628. The lowest BCUT2D eigenvalue weighted by Gasteiger charge is -2.33. The standard InChI is InChI=1S/C15H17N5OS/c1-11-16-14(18-21-11)10-19-6-8-20(9-7-19)15-17-12-4-2-3-5-13(12)22-15/h2-5H,6-10H2,1H3. The Kier molecular flexibility index (Phi) is 3.51. The Balaban J connectivity index is 1.40. The molecule has 0 amide bonds. The monoisotopic (exact) mass is 315 g/mol. The normalized spacial score (nSPS) is 16.5. The quantitative estimate of drug-likeness (QED) is 0.739. The van der Waals surface area contributed by atoms with Crippen molar-refractivity contribution in [2.45, 2.75) is 13.5 Å².